The van der Waals surface area contributed by atoms with Crippen molar-refractivity contribution in [3.05, 3.63) is 108 Å². The van der Waals surface area contributed by atoms with Crippen molar-refractivity contribution in [1.82, 2.24) is 0 Å². The smallest absolute Gasteiger partial charge is 0.313 e. The van der Waals surface area contributed by atoms with E-state index in [4.69, 9.17) is 5.73 Å². The third-order valence-corrected chi connectivity index (χ3v) is 8.21. The number of carboxylic acids is 2. The fourth-order valence-electron chi connectivity index (χ4n) is 6.05. The number of aliphatic carboxylic acids is 2. The Morgan fingerprint density at radius 3 is 1.38 bits per heavy atom. The van der Waals surface area contributed by atoms with Gasteiger partial charge in [0.05, 0.1) is 23.7 Å². The van der Waals surface area contributed by atoms with Crippen molar-refractivity contribution in [2.75, 3.05) is 0 Å². The van der Waals surface area contributed by atoms with Crippen LogP contribution in [0.1, 0.15) is 88.8 Å². The van der Waals surface area contributed by atoms with Crippen molar-refractivity contribution >= 4 is 23.8 Å². The van der Waals surface area contributed by atoms with Gasteiger partial charge in [-0.05, 0) is 41.4 Å². The van der Waals surface area contributed by atoms with Crippen LogP contribution in [0.15, 0.2) is 91.0 Å². The molecule has 0 aliphatic carbocycles. The highest BCUT2D eigenvalue weighted by atomic mass is 16.4. The first-order valence-electron chi connectivity index (χ1n) is 15.8. The predicted octanol–water partition coefficient (Wildman–Crippen LogP) is 6.10. The molecule has 2 amide bonds. The third kappa shape index (κ3) is 11.0. The average molecular weight is 620 g/mol. The molecule has 7 atom stereocenters. The molecule has 8 heteroatoms. The molecule has 3 aromatic rings. The average Bonchev–Trinajstić information content (AvgIpc) is 3.05. The first-order chi connectivity index (χ1) is 21.5. The lowest BCUT2D eigenvalue weighted by atomic mass is 9.67. The van der Waals surface area contributed by atoms with E-state index in [-0.39, 0.29) is 18.8 Å². The second-order valence-corrected chi connectivity index (χ2v) is 10.8. The molecule has 0 bridgehead atoms. The summed E-state index contributed by atoms with van der Waals surface area (Å²) in [6, 6.07) is 27.2. The summed E-state index contributed by atoms with van der Waals surface area (Å²) >= 11 is 0. The second-order valence-electron chi connectivity index (χ2n) is 10.8. The lowest BCUT2D eigenvalue weighted by Crippen LogP contribution is -2.63. The van der Waals surface area contributed by atoms with Crippen LogP contribution in [0.5, 0.6) is 0 Å². The number of quaternary nitrogens is 1. The molecule has 7 unspecified atom stereocenters. The van der Waals surface area contributed by atoms with E-state index in [1.165, 1.54) is 0 Å². The van der Waals surface area contributed by atoms with Crippen LogP contribution < -0.4 is 11.5 Å². The van der Waals surface area contributed by atoms with Crippen LogP contribution in [-0.2, 0) is 19.2 Å². The maximum absolute atomic E-state index is 13.2. The summed E-state index contributed by atoms with van der Waals surface area (Å²) in [6.07, 6.45) is -0.0223. The highest BCUT2D eigenvalue weighted by Gasteiger charge is 2.46. The van der Waals surface area contributed by atoms with Gasteiger partial charge in [-0.2, -0.15) is 0 Å². The van der Waals surface area contributed by atoms with Crippen LogP contribution in [0.2, 0.25) is 0 Å². The number of carbonyl (C=O) groups excluding carboxylic acids is 2. The van der Waals surface area contributed by atoms with Gasteiger partial charge in [0.25, 0.3) is 0 Å². The SMILES string of the molecule is CC.CC.CC(CC(C(=O)O)C(C([NH3+])=O)C(CC(C(=O)O)C(C(N)=O)C(C)c1ccccc1)c1ccccc1)c1ccccc1. The topological polar surface area (TPSA) is 162 Å². The van der Waals surface area contributed by atoms with Crippen molar-refractivity contribution in [2.45, 2.75) is 72.1 Å². The summed E-state index contributed by atoms with van der Waals surface area (Å²) in [5.74, 6) is -10.00. The molecule has 0 saturated heterocycles. The highest BCUT2D eigenvalue weighted by molar-refractivity contribution is 5.85. The molecular weight excluding hydrogens is 568 g/mol. The van der Waals surface area contributed by atoms with E-state index in [1.807, 2.05) is 83.1 Å². The number of carbonyl (C=O) groups is 4. The van der Waals surface area contributed by atoms with Crippen LogP contribution in [0.3, 0.4) is 0 Å². The highest BCUT2D eigenvalue weighted by Crippen LogP contribution is 2.43. The van der Waals surface area contributed by atoms with E-state index in [0.717, 1.165) is 11.1 Å². The minimum Gasteiger partial charge on any atom is -0.481 e. The van der Waals surface area contributed by atoms with Gasteiger partial charge in [-0.25, -0.2) is 4.79 Å². The van der Waals surface area contributed by atoms with Crippen LogP contribution in [0, 0.1) is 23.7 Å². The number of hydrogen-bond acceptors (Lipinski definition) is 4. The first kappa shape index (κ1) is 38.7. The number of amides is 2. The van der Waals surface area contributed by atoms with Crippen LogP contribution in [-0.4, -0.2) is 34.0 Å². The molecule has 0 radical (unpaired) electrons. The Balaban J connectivity index is 0.00000243. The molecule has 8 nitrogen and oxygen atoms in total. The molecule has 244 valence electrons. The fraction of sp³-hybridized carbons (Fsp3) is 0.405. The normalized spacial score (nSPS) is 15.2. The van der Waals surface area contributed by atoms with E-state index in [1.54, 1.807) is 49.4 Å². The number of carboxylic acid groups (broad SMARTS) is 2. The lowest BCUT2D eigenvalue weighted by molar-refractivity contribution is -0.314. The summed E-state index contributed by atoms with van der Waals surface area (Å²) in [5, 5.41) is 20.8. The van der Waals surface area contributed by atoms with Gasteiger partial charge in [0.15, 0.2) is 0 Å². The van der Waals surface area contributed by atoms with Gasteiger partial charge < -0.3 is 15.9 Å². The zero-order valence-electron chi connectivity index (χ0n) is 27.4. The Labute approximate surface area is 267 Å². The molecule has 7 N–H and O–H groups in total. The third-order valence-electron chi connectivity index (χ3n) is 8.21. The van der Waals surface area contributed by atoms with Gasteiger partial charge in [-0.15, -0.1) is 0 Å². The van der Waals surface area contributed by atoms with Crippen LogP contribution in [0.25, 0.3) is 0 Å². The van der Waals surface area contributed by atoms with Crippen molar-refractivity contribution in [2.24, 2.45) is 29.4 Å². The molecule has 0 fully saturated rings. The molecule has 3 aromatic carbocycles. The van der Waals surface area contributed by atoms with E-state index in [9.17, 15) is 29.4 Å². The van der Waals surface area contributed by atoms with Gasteiger partial charge in [0, 0.05) is 5.92 Å². The van der Waals surface area contributed by atoms with E-state index in [0.29, 0.717) is 5.56 Å². The molecule has 0 spiro atoms. The summed E-state index contributed by atoms with van der Waals surface area (Å²) < 4.78 is 0. The van der Waals surface area contributed by atoms with Crippen molar-refractivity contribution in [1.29, 1.82) is 0 Å². The van der Waals surface area contributed by atoms with E-state index < -0.39 is 59.3 Å². The standard InChI is InChI=1S/C33H38N2O6.2C2H6/c1-20(22-12-6-3-7-13-22)18-26(32(38)39)29(31(35)37)25(24-16-10-5-11-17-24)19-27(33(40)41)28(30(34)36)21(2)23-14-8-4-9-15-23;2*1-2/h3-17,20-21,25-29H,18-19H2,1-2H3,(H2,34,36)(H2,35,37)(H,38,39)(H,40,41);2*1-2H3/p+1. The second kappa shape index (κ2) is 19.9. The Hall–Kier alpha value is -4.30. The number of rotatable bonds is 15. The summed E-state index contributed by atoms with van der Waals surface area (Å²) in [5.41, 5.74) is 11.8. The van der Waals surface area contributed by atoms with E-state index >= 15 is 0 Å². The Morgan fingerprint density at radius 2 is 1.00 bits per heavy atom. The molecule has 0 saturated carbocycles. The lowest BCUT2D eigenvalue weighted by Gasteiger charge is -2.34. The van der Waals surface area contributed by atoms with E-state index in [2.05, 4.69) is 5.73 Å². The first-order valence-corrected chi connectivity index (χ1v) is 15.8. The van der Waals surface area contributed by atoms with Crippen LogP contribution >= 0.6 is 0 Å². The Kier molecular flexibility index (Phi) is 17.1. The molecular formula is C37H51N2O6+. The minimum atomic E-state index is -1.28. The van der Waals surface area contributed by atoms with Crippen molar-refractivity contribution in [3.8, 4) is 0 Å². The number of benzene rings is 3. The monoisotopic (exact) mass is 619 g/mol. The summed E-state index contributed by atoms with van der Waals surface area (Å²) in [7, 11) is 0. The zero-order valence-corrected chi connectivity index (χ0v) is 27.4. The van der Waals surface area contributed by atoms with Crippen LogP contribution in [0.4, 0.5) is 0 Å². The maximum atomic E-state index is 13.2. The Morgan fingerprint density at radius 1 is 0.622 bits per heavy atom. The van der Waals surface area contributed by atoms with Gasteiger partial charge in [-0.1, -0.05) is 133 Å². The van der Waals surface area contributed by atoms with Crippen molar-refractivity contribution in [3.63, 3.8) is 0 Å². The minimum absolute atomic E-state index is 0.145. The molecule has 3 rings (SSSR count). The largest absolute Gasteiger partial charge is 0.481 e. The maximum Gasteiger partial charge on any atom is 0.313 e. The molecule has 0 aromatic heterocycles. The van der Waals surface area contributed by atoms with Gasteiger partial charge in [0.2, 0.25) is 5.91 Å². The number of primary amides is 1. The van der Waals surface area contributed by atoms with Gasteiger partial charge in [-0.3, -0.25) is 20.1 Å². The number of hydrogen-bond donors (Lipinski definition) is 4. The molecule has 0 aliphatic rings. The molecule has 0 aliphatic heterocycles. The number of nitrogens with two attached hydrogens (primary N) is 1. The fourth-order valence-corrected chi connectivity index (χ4v) is 6.05. The van der Waals surface area contributed by atoms with Gasteiger partial charge in [0.1, 0.15) is 0 Å². The summed E-state index contributed by atoms with van der Waals surface area (Å²) in [4.78, 5) is 51.5. The molecule has 0 heterocycles. The molecule has 45 heavy (non-hydrogen) atoms. The summed E-state index contributed by atoms with van der Waals surface area (Å²) in [6.45, 7) is 11.7. The quantitative estimate of drug-likeness (QED) is 0.161. The predicted molar refractivity (Wildman–Crippen MR) is 177 cm³/mol. The Bertz CT molecular complexity index is 1320. The van der Waals surface area contributed by atoms with Gasteiger partial charge >= 0.3 is 17.8 Å². The van der Waals surface area contributed by atoms with Crippen molar-refractivity contribution < 1.29 is 35.1 Å². The zero-order chi connectivity index (χ0) is 34.1.